The van der Waals surface area contributed by atoms with Crippen LogP contribution in [-0.2, 0) is 9.63 Å². The highest BCUT2D eigenvalue weighted by atomic mass is 16.7. The third kappa shape index (κ3) is 5.20. The zero-order valence-corrected chi connectivity index (χ0v) is 9.54. The molecule has 0 spiro atoms. The molecule has 0 heterocycles. The molecule has 0 aromatic heterocycles. The van der Waals surface area contributed by atoms with Gasteiger partial charge in [-0.1, -0.05) is 11.1 Å². The largest absolute Gasteiger partial charge is 0.358 e. The van der Waals surface area contributed by atoms with Gasteiger partial charge >= 0.3 is 5.84 Å². The minimum atomic E-state index is -0.593. The number of amides is 1. The molecule has 0 aromatic carbocycles. The predicted octanol–water partition coefficient (Wildman–Crippen LogP) is 0.648. The van der Waals surface area contributed by atoms with E-state index in [1.54, 1.807) is 6.92 Å². The molecule has 1 amide bonds. The van der Waals surface area contributed by atoms with Crippen LogP contribution in [0.5, 0.6) is 0 Å². The first-order chi connectivity index (χ1) is 7.52. The molecule has 16 heavy (non-hydrogen) atoms. The van der Waals surface area contributed by atoms with Gasteiger partial charge in [-0.05, 0) is 11.8 Å². The summed E-state index contributed by atoms with van der Waals surface area (Å²) in [6, 6.07) is 0. The molecule has 7 nitrogen and oxygen atoms in total. The van der Waals surface area contributed by atoms with Crippen LogP contribution in [0, 0.1) is 10.1 Å². The summed E-state index contributed by atoms with van der Waals surface area (Å²) >= 11 is 0. The van der Waals surface area contributed by atoms with Gasteiger partial charge in [0.1, 0.15) is 6.54 Å². The van der Waals surface area contributed by atoms with Gasteiger partial charge in [0.05, 0.1) is 13.5 Å². The van der Waals surface area contributed by atoms with Gasteiger partial charge in [-0.25, -0.2) is 5.06 Å². The molecule has 90 valence electrons. The van der Waals surface area contributed by atoms with Crippen LogP contribution in [0.3, 0.4) is 0 Å². The van der Waals surface area contributed by atoms with Crippen molar-refractivity contribution >= 4 is 11.7 Å². The number of hydrogen-bond donors (Lipinski definition) is 0. The number of carbonyl (C=O) groups excluding carboxylic acids is 1. The second kappa shape index (κ2) is 7.52. The van der Waals surface area contributed by atoms with Crippen molar-refractivity contribution in [3.05, 3.63) is 22.3 Å². The number of amidine groups is 1. The fraction of sp³-hybridized carbons (Fsp3) is 0.556. The van der Waals surface area contributed by atoms with Gasteiger partial charge in [0.25, 0.3) is 0 Å². The lowest BCUT2D eigenvalue weighted by atomic mass is 10.4. The molecular weight excluding hydrogens is 214 g/mol. The molecule has 0 N–H and O–H groups in total. The highest BCUT2D eigenvalue weighted by molar-refractivity contribution is 5.86. The van der Waals surface area contributed by atoms with Gasteiger partial charge in [0.2, 0.25) is 5.91 Å². The zero-order valence-electron chi connectivity index (χ0n) is 9.54. The maximum Gasteiger partial charge on any atom is 0.357 e. The lowest BCUT2D eigenvalue weighted by molar-refractivity contribution is -0.348. The summed E-state index contributed by atoms with van der Waals surface area (Å²) in [7, 11) is 2.83. The van der Waals surface area contributed by atoms with Crippen LogP contribution in [0.25, 0.3) is 0 Å². The van der Waals surface area contributed by atoms with Crippen molar-refractivity contribution in [3.63, 3.8) is 0 Å². The van der Waals surface area contributed by atoms with E-state index in [0.717, 1.165) is 5.06 Å². The van der Waals surface area contributed by atoms with Gasteiger partial charge in [-0.2, -0.15) is 0 Å². The average Bonchev–Trinajstić information content (AvgIpc) is 2.26. The molecule has 0 aliphatic heterocycles. The summed E-state index contributed by atoms with van der Waals surface area (Å²) in [5.41, 5.74) is 0. The van der Waals surface area contributed by atoms with Crippen LogP contribution in [0.15, 0.2) is 17.1 Å². The predicted molar refractivity (Wildman–Crippen MR) is 58.5 cm³/mol. The van der Waals surface area contributed by atoms with Crippen molar-refractivity contribution in [2.45, 2.75) is 13.3 Å². The van der Waals surface area contributed by atoms with E-state index in [2.05, 4.69) is 9.83 Å². The molecule has 7 heteroatoms. The van der Waals surface area contributed by atoms with Crippen molar-refractivity contribution in [3.8, 4) is 0 Å². The van der Waals surface area contributed by atoms with Crippen molar-refractivity contribution in [2.75, 3.05) is 20.7 Å². The first kappa shape index (κ1) is 14.2. The van der Waals surface area contributed by atoms with Crippen molar-refractivity contribution in [2.24, 2.45) is 4.99 Å². The number of aliphatic imine (C=N–C) groups is 1. The normalized spacial score (nSPS) is 11.8. The SMILES string of the molecule is C/C=C\C(=NCCC(=O)N(C)OC)[N+](=O)[O-]. The highest BCUT2D eigenvalue weighted by Gasteiger charge is 2.11. The van der Waals surface area contributed by atoms with E-state index < -0.39 is 4.92 Å². The maximum absolute atomic E-state index is 11.2. The molecule has 0 atom stereocenters. The zero-order chi connectivity index (χ0) is 12.6. The van der Waals surface area contributed by atoms with Gasteiger partial charge in [-0.3, -0.25) is 9.63 Å². The van der Waals surface area contributed by atoms with Gasteiger partial charge in [0, 0.05) is 13.1 Å². The molecular formula is C9H15N3O4. The Bertz CT molecular complexity index is 312. The lowest BCUT2D eigenvalue weighted by Gasteiger charge is -2.11. The van der Waals surface area contributed by atoms with Crippen LogP contribution in [0.4, 0.5) is 0 Å². The molecule has 0 unspecified atom stereocenters. The lowest BCUT2D eigenvalue weighted by Crippen LogP contribution is -2.25. The van der Waals surface area contributed by atoms with Crippen LogP contribution < -0.4 is 0 Å². The smallest absolute Gasteiger partial charge is 0.357 e. The molecule has 0 aromatic rings. The molecule has 0 fully saturated rings. The Hall–Kier alpha value is -1.76. The minimum Gasteiger partial charge on any atom is -0.358 e. The van der Waals surface area contributed by atoms with Crippen LogP contribution in [0.1, 0.15) is 13.3 Å². The van der Waals surface area contributed by atoms with E-state index in [4.69, 9.17) is 0 Å². The summed E-state index contributed by atoms with van der Waals surface area (Å²) in [4.78, 5) is 29.4. The average molecular weight is 229 g/mol. The topological polar surface area (TPSA) is 85.0 Å². The van der Waals surface area contributed by atoms with Gasteiger partial charge < -0.3 is 10.1 Å². The van der Waals surface area contributed by atoms with E-state index in [-0.39, 0.29) is 24.7 Å². The Morgan fingerprint density at radius 1 is 1.62 bits per heavy atom. The van der Waals surface area contributed by atoms with Crippen LogP contribution in [-0.4, -0.2) is 42.4 Å². The Labute approximate surface area is 93.5 Å². The van der Waals surface area contributed by atoms with Crippen LogP contribution >= 0.6 is 0 Å². The highest BCUT2D eigenvalue weighted by Crippen LogP contribution is 1.93. The number of allylic oxidation sites excluding steroid dienone is 1. The van der Waals surface area contributed by atoms with E-state index in [1.807, 2.05) is 0 Å². The summed E-state index contributed by atoms with van der Waals surface area (Å²) in [5, 5.41) is 11.5. The van der Waals surface area contributed by atoms with Gasteiger partial charge in [-0.15, -0.1) is 0 Å². The molecule has 0 radical (unpaired) electrons. The van der Waals surface area contributed by atoms with E-state index in [9.17, 15) is 14.9 Å². The number of hydrogen-bond acceptors (Lipinski definition) is 5. The molecule has 0 saturated carbocycles. The standard InChI is InChI=1S/C9H15N3O4/c1-4-5-8(12(14)15)10-7-6-9(13)11(2)16-3/h4-5H,6-7H2,1-3H3/b5-4-,10-8?. The summed E-state index contributed by atoms with van der Waals surface area (Å²) in [6.45, 7) is 1.72. The fourth-order valence-corrected chi connectivity index (χ4v) is 0.846. The molecule has 0 saturated heterocycles. The van der Waals surface area contributed by atoms with Crippen molar-refractivity contribution in [1.82, 2.24) is 5.06 Å². The molecule has 0 aliphatic rings. The minimum absolute atomic E-state index is 0.0627. The number of nitrogens with zero attached hydrogens (tertiary/aromatic N) is 3. The van der Waals surface area contributed by atoms with E-state index in [0.29, 0.717) is 0 Å². The Morgan fingerprint density at radius 3 is 2.69 bits per heavy atom. The number of nitro groups is 1. The third-order valence-electron chi connectivity index (χ3n) is 1.73. The summed E-state index contributed by atoms with van der Waals surface area (Å²) in [6.07, 6.45) is 2.87. The Morgan fingerprint density at radius 2 is 2.25 bits per heavy atom. The third-order valence-corrected chi connectivity index (χ3v) is 1.73. The Kier molecular flexibility index (Phi) is 6.69. The molecule has 0 aliphatic carbocycles. The summed E-state index contributed by atoms with van der Waals surface area (Å²) in [5.74, 6) is -0.537. The van der Waals surface area contributed by atoms with E-state index >= 15 is 0 Å². The number of carbonyl (C=O) groups is 1. The fourth-order valence-electron chi connectivity index (χ4n) is 0.846. The van der Waals surface area contributed by atoms with Crippen molar-refractivity contribution in [1.29, 1.82) is 0 Å². The van der Waals surface area contributed by atoms with Crippen LogP contribution in [0.2, 0.25) is 0 Å². The second-order valence-electron chi connectivity index (χ2n) is 2.82. The van der Waals surface area contributed by atoms with E-state index in [1.165, 1.54) is 26.3 Å². The first-order valence-corrected chi connectivity index (χ1v) is 4.65. The Balaban J connectivity index is 4.25. The second-order valence-corrected chi connectivity index (χ2v) is 2.82. The molecule has 0 bridgehead atoms. The monoisotopic (exact) mass is 229 g/mol. The van der Waals surface area contributed by atoms with Crippen molar-refractivity contribution < 1.29 is 14.6 Å². The quantitative estimate of drug-likeness (QED) is 0.300. The van der Waals surface area contributed by atoms with Gasteiger partial charge in [0.15, 0.2) is 0 Å². The number of rotatable bonds is 5. The summed E-state index contributed by atoms with van der Waals surface area (Å²) < 4.78 is 0. The maximum atomic E-state index is 11.2. The number of hydroxylamine groups is 2. The molecule has 0 rings (SSSR count). The first-order valence-electron chi connectivity index (χ1n) is 4.65.